The molecule has 0 amide bonds. The predicted octanol–water partition coefficient (Wildman–Crippen LogP) is 3.05. The number of hydrogen-bond donors (Lipinski definition) is 0. The van der Waals surface area contributed by atoms with Crippen LogP contribution in [0.2, 0.25) is 0 Å². The van der Waals surface area contributed by atoms with Gasteiger partial charge in [-0.1, -0.05) is 12.8 Å². The van der Waals surface area contributed by atoms with Gasteiger partial charge in [-0.2, -0.15) is 0 Å². The van der Waals surface area contributed by atoms with Crippen LogP contribution in [0.4, 0.5) is 0 Å². The molecule has 0 spiro atoms. The lowest BCUT2D eigenvalue weighted by atomic mass is 9.87. The molecular weight excluding hydrogens is 272 g/mol. The van der Waals surface area contributed by atoms with Gasteiger partial charge in [-0.15, -0.1) is 0 Å². The van der Waals surface area contributed by atoms with Crippen molar-refractivity contribution in [2.24, 2.45) is 5.41 Å². The summed E-state index contributed by atoms with van der Waals surface area (Å²) in [6, 6.07) is 0. The van der Waals surface area contributed by atoms with E-state index in [-0.39, 0.29) is 18.2 Å². The zero-order valence-electron chi connectivity index (χ0n) is 13.7. The fraction of sp³-hybridized carbons (Fsp3) is 0.812. The molecule has 0 heterocycles. The van der Waals surface area contributed by atoms with Crippen molar-refractivity contribution >= 4 is 17.7 Å². The number of ether oxygens (including phenoxy) is 2. The second kappa shape index (κ2) is 10.4. The number of esters is 2. The monoisotopic (exact) mass is 300 g/mol. The van der Waals surface area contributed by atoms with Crippen LogP contribution < -0.4 is 0 Å². The zero-order valence-corrected chi connectivity index (χ0v) is 13.7. The molecule has 5 nitrogen and oxygen atoms in total. The molecule has 0 radical (unpaired) electrons. The Bertz CT molecular complexity index is 347. The zero-order chi connectivity index (χ0) is 16.3. The van der Waals surface area contributed by atoms with Gasteiger partial charge in [-0.3, -0.25) is 14.4 Å². The van der Waals surface area contributed by atoms with Gasteiger partial charge in [0.15, 0.2) is 0 Å². The van der Waals surface area contributed by atoms with Crippen LogP contribution in [-0.2, 0) is 23.9 Å². The maximum absolute atomic E-state index is 11.7. The van der Waals surface area contributed by atoms with Crippen molar-refractivity contribution in [3.05, 3.63) is 0 Å². The Morgan fingerprint density at radius 3 is 2.10 bits per heavy atom. The average Bonchev–Trinajstić information content (AvgIpc) is 2.38. The quantitative estimate of drug-likeness (QED) is 0.333. The normalized spacial score (nSPS) is 11.0. The van der Waals surface area contributed by atoms with Crippen molar-refractivity contribution in [3.8, 4) is 0 Å². The summed E-state index contributed by atoms with van der Waals surface area (Å²) < 4.78 is 9.75. The van der Waals surface area contributed by atoms with Gasteiger partial charge in [0, 0.05) is 6.42 Å². The Morgan fingerprint density at radius 1 is 0.905 bits per heavy atom. The largest absolute Gasteiger partial charge is 0.466 e. The molecule has 122 valence electrons. The van der Waals surface area contributed by atoms with E-state index in [0.717, 1.165) is 25.7 Å². The van der Waals surface area contributed by atoms with Crippen molar-refractivity contribution in [1.82, 2.24) is 0 Å². The van der Waals surface area contributed by atoms with Crippen LogP contribution in [0, 0.1) is 5.41 Å². The maximum atomic E-state index is 11.7. The minimum Gasteiger partial charge on any atom is -0.466 e. The third-order valence-corrected chi connectivity index (χ3v) is 3.23. The average molecular weight is 300 g/mol. The van der Waals surface area contributed by atoms with Crippen molar-refractivity contribution < 1.29 is 23.9 Å². The lowest BCUT2D eigenvalue weighted by molar-refractivity contribution is -0.154. The van der Waals surface area contributed by atoms with Crippen molar-refractivity contribution in [2.75, 3.05) is 13.2 Å². The third-order valence-electron chi connectivity index (χ3n) is 3.23. The van der Waals surface area contributed by atoms with Crippen LogP contribution in [0.3, 0.4) is 0 Å². The molecule has 21 heavy (non-hydrogen) atoms. The van der Waals surface area contributed by atoms with E-state index >= 15 is 0 Å². The molecule has 0 unspecified atom stereocenters. The van der Waals surface area contributed by atoms with Crippen LogP contribution in [0.1, 0.15) is 66.2 Å². The molecule has 0 rings (SSSR count). The topological polar surface area (TPSA) is 69.7 Å². The Morgan fingerprint density at radius 2 is 1.52 bits per heavy atom. The first kappa shape index (κ1) is 19.6. The molecular formula is C16H28O5. The number of hydrogen-bond acceptors (Lipinski definition) is 5. The van der Waals surface area contributed by atoms with E-state index in [4.69, 9.17) is 9.47 Å². The molecule has 0 fully saturated rings. The molecule has 0 atom stereocenters. The molecule has 0 N–H and O–H groups in total. The summed E-state index contributed by atoms with van der Waals surface area (Å²) in [6.45, 7) is 7.95. The number of unbranched alkanes of at least 4 members (excludes halogenated alkanes) is 2. The van der Waals surface area contributed by atoms with E-state index in [1.165, 1.54) is 0 Å². The van der Waals surface area contributed by atoms with Crippen molar-refractivity contribution in [1.29, 1.82) is 0 Å². The first-order valence-electron chi connectivity index (χ1n) is 7.68. The highest BCUT2D eigenvalue weighted by atomic mass is 16.5. The summed E-state index contributed by atoms with van der Waals surface area (Å²) >= 11 is 0. The smallest absolute Gasteiger partial charge is 0.313 e. The lowest BCUT2D eigenvalue weighted by Crippen LogP contribution is -2.26. The summed E-state index contributed by atoms with van der Waals surface area (Å²) in [5.41, 5.74) is -0.481. The highest BCUT2D eigenvalue weighted by molar-refractivity contribution is 5.95. The minimum atomic E-state index is -0.481. The molecule has 0 aliphatic carbocycles. The minimum absolute atomic E-state index is 0.0851. The lowest BCUT2D eigenvalue weighted by Gasteiger charge is -2.21. The number of carbonyl (C=O) groups is 3. The molecule has 0 aromatic rings. The van der Waals surface area contributed by atoms with Gasteiger partial charge >= 0.3 is 11.9 Å². The number of Topliss-reactive ketones (excluding diaryl/α,β-unsaturated/α-hetero) is 1. The number of carbonyl (C=O) groups excluding carboxylic acids is 3. The van der Waals surface area contributed by atoms with E-state index in [9.17, 15) is 14.4 Å². The summed E-state index contributed by atoms with van der Waals surface area (Å²) in [5.74, 6) is -0.715. The molecule has 0 aromatic carbocycles. The SMILES string of the molecule is CCOC(=O)CC(=O)CCCCCC(C)(C)C(=O)OCC. The standard InChI is InChI=1S/C16H28O5/c1-5-20-14(18)12-13(17)10-8-7-9-11-16(3,4)15(19)21-6-2/h5-12H2,1-4H3. The van der Waals surface area contributed by atoms with E-state index in [1.807, 2.05) is 13.8 Å². The second-order valence-corrected chi connectivity index (χ2v) is 5.69. The van der Waals surface area contributed by atoms with Gasteiger partial charge in [-0.05, 0) is 40.5 Å². The number of ketones is 1. The second-order valence-electron chi connectivity index (χ2n) is 5.69. The summed E-state index contributed by atoms with van der Waals surface area (Å²) in [4.78, 5) is 34.3. The summed E-state index contributed by atoms with van der Waals surface area (Å²) in [5, 5.41) is 0. The molecule has 5 heteroatoms. The Labute approximate surface area is 127 Å². The Kier molecular flexibility index (Phi) is 9.67. The first-order valence-corrected chi connectivity index (χ1v) is 7.68. The predicted molar refractivity (Wildman–Crippen MR) is 79.8 cm³/mol. The maximum Gasteiger partial charge on any atom is 0.313 e. The summed E-state index contributed by atoms with van der Waals surface area (Å²) in [7, 11) is 0. The molecule has 0 saturated carbocycles. The van der Waals surface area contributed by atoms with E-state index < -0.39 is 11.4 Å². The molecule has 0 saturated heterocycles. The molecule has 0 bridgehead atoms. The van der Waals surface area contributed by atoms with Gasteiger partial charge in [0.05, 0.1) is 18.6 Å². The Balaban J connectivity index is 3.79. The van der Waals surface area contributed by atoms with Crippen molar-refractivity contribution in [3.63, 3.8) is 0 Å². The molecule has 0 aliphatic rings. The fourth-order valence-electron chi connectivity index (χ4n) is 1.96. The van der Waals surface area contributed by atoms with Crippen LogP contribution in [0.15, 0.2) is 0 Å². The van der Waals surface area contributed by atoms with Gasteiger partial charge in [0.2, 0.25) is 0 Å². The van der Waals surface area contributed by atoms with Crippen LogP contribution in [0.25, 0.3) is 0 Å². The molecule has 0 aromatic heterocycles. The highest BCUT2D eigenvalue weighted by Gasteiger charge is 2.28. The van der Waals surface area contributed by atoms with Gasteiger partial charge in [0.25, 0.3) is 0 Å². The third kappa shape index (κ3) is 9.21. The first-order chi connectivity index (χ1) is 9.83. The van der Waals surface area contributed by atoms with Crippen LogP contribution in [-0.4, -0.2) is 30.9 Å². The van der Waals surface area contributed by atoms with Gasteiger partial charge in [-0.25, -0.2) is 0 Å². The highest BCUT2D eigenvalue weighted by Crippen LogP contribution is 2.25. The van der Waals surface area contributed by atoms with Gasteiger partial charge in [0.1, 0.15) is 12.2 Å². The van der Waals surface area contributed by atoms with Gasteiger partial charge < -0.3 is 9.47 Å². The fourth-order valence-corrected chi connectivity index (χ4v) is 1.96. The number of rotatable bonds is 11. The van der Waals surface area contributed by atoms with E-state index in [2.05, 4.69) is 0 Å². The summed E-state index contributed by atoms with van der Waals surface area (Å²) in [6.07, 6.45) is 3.44. The van der Waals surface area contributed by atoms with E-state index in [0.29, 0.717) is 19.6 Å². The molecule has 0 aliphatic heterocycles. The van der Waals surface area contributed by atoms with E-state index in [1.54, 1.807) is 13.8 Å². The van der Waals surface area contributed by atoms with Crippen molar-refractivity contribution in [2.45, 2.75) is 66.2 Å². The van der Waals surface area contributed by atoms with Crippen LogP contribution in [0.5, 0.6) is 0 Å². The Hall–Kier alpha value is -1.39. The van der Waals surface area contributed by atoms with Crippen LogP contribution >= 0.6 is 0 Å².